The highest BCUT2D eigenvalue weighted by atomic mass is 16.2. The fourth-order valence-corrected chi connectivity index (χ4v) is 3.14. The molecule has 2 heterocycles. The molecule has 1 aromatic rings. The van der Waals surface area contributed by atoms with Crippen molar-refractivity contribution in [2.75, 3.05) is 19.6 Å². The highest BCUT2D eigenvalue weighted by Gasteiger charge is 2.30. The monoisotopic (exact) mass is 258 g/mol. The summed E-state index contributed by atoms with van der Waals surface area (Å²) in [6.45, 7) is 5.01. The average Bonchev–Trinajstić information content (AvgIpc) is 2.47. The van der Waals surface area contributed by atoms with Crippen LogP contribution in [0.4, 0.5) is 0 Å². The van der Waals surface area contributed by atoms with Crippen molar-refractivity contribution in [1.29, 1.82) is 0 Å². The summed E-state index contributed by atoms with van der Waals surface area (Å²) < 4.78 is 0. The molecule has 3 rings (SSSR count). The predicted molar refractivity (Wildman–Crippen MR) is 75.9 cm³/mol. The molecule has 1 fully saturated rings. The first kappa shape index (κ1) is 12.7. The summed E-state index contributed by atoms with van der Waals surface area (Å²) in [4.78, 5) is 14.7. The van der Waals surface area contributed by atoms with E-state index >= 15 is 0 Å². The van der Waals surface area contributed by atoms with Gasteiger partial charge in [0.25, 0.3) is 0 Å². The van der Waals surface area contributed by atoms with Crippen LogP contribution in [0, 0.1) is 5.92 Å². The van der Waals surface area contributed by atoms with Crippen molar-refractivity contribution in [3.63, 3.8) is 0 Å². The van der Waals surface area contributed by atoms with Gasteiger partial charge in [0.1, 0.15) is 6.04 Å². The van der Waals surface area contributed by atoms with Crippen LogP contribution in [-0.2, 0) is 11.2 Å². The Kier molecular flexibility index (Phi) is 3.56. The molecule has 0 radical (unpaired) electrons. The van der Waals surface area contributed by atoms with Gasteiger partial charge >= 0.3 is 0 Å². The Morgan fingerprint density at radius 1 is 1.26 bits per heavy atom. The predicted octanol–water partition coefficient (Wildman–Crippen LogP) is 2.13. The Morgan fingerprint density at radius 3 is 2.79 bits per heavy atom. The van der Waals surface area contributed by atoms with E-state index < -0.39 is 0 Å². The van der Waals surface area contributed by atoms with E-state index in [1.807, 2.05) is 11.0 Å². The quantitative estimate of drug-likeness (QED) is 0.837. The van der Waals surface area contributed by atoms with Gasteiger partial charge in [0.05, 0.1) is 0 Å². The van der Waals surface area contributed by atoms with Gasteiger partial charge < -0.3 is 10.2 Å². The van der Waals surface area contributed by atoms with Crippen molar-refractivity contribution in [3.05, 3.63) is 35.4 Å². The number of fused-ring (bicyclic) bond motifs is 1. The SMILES string of the molecule is CC1CCN(C(=O)C2NCCc3ccccc32)CC1. The summed E-state index contributed by atoms with van der Waals surface area (Å²) >= 11 is 0. The van der Waals surface area contributed by atoms with Gasteiger partial charge in [-0.3, -0.25) is 4.79 Å². The maximum Gasteiger partial charge on any atom is 0.244 e. The lowest BCUT2D eigenvalue weighted by Gasteiger charge is -2.35. The Bertz CT molecular complexity index is 464. The number of hydrogen-bond acceptors (Lipinski definition) is 2. The molecule has 2 aliphatic rings. The molecule has 0 aromatic heterocycles. The molecule has 0 spiro atoms. The number of nitrogens with zero attached hydrogens (tertiary/aromatic N) is 1. The molecule has 1 aromatic carbocycles. The van der Waals surface area contributed by atoms with Crippen molar-refractivity contribution in [3.8, 4) is 0 Å². The van der Waals surface area contributed by atoms with E-state index in [0.29, 0.717) is 0 Å². The molecule has 0 bridgehead atoms. The van der Waals surface area contributed by atoms with Crippen LogP contribution in [0.15, 0.2) is 24.3 Å². The zero-order valence-corrected chi connectivity index (χ0v) is 11.6. The Hall–Kier alpha value is -1.35. The van der Waals surface area contributed by atoms with Gasteiger partial charge in [0.15, 0.2) is 0 Å². The normalized spacial score (nSPS) is 24.1. The zero-order valence-electron chi connectivity index (χ0n) is 11.6. The van der Waals surface area contributed by atoms with E-state index in [-0.39, 0.29) is 11.9 Å². The third-order valence-corrected chi connectivity index (χ3v) is 4.45. The van der Waals surface area contributed by atoms with E-state index in [1.54, 1.807) is 0 Å². The lowest BCUT2D eigenvalue weighted by atomic mass is 9.92. The number of rotatable bonds is 1. The molecule has 102 valence electrons. The van der Waals surface area contributed by atoms with Crippen LogP contribution in [0.1, 0.15) is 36.9 Å². The van der Waals surface area contributed by atoms with Crippen LogP contribution in [0.25, 0.3) is 0 Å². The molecular weight excluding hydrogens is 236 g/mol. The van der Waals surface area contributed by atoms with Crippen LogP contribution in [0.3, 0.4) is 0 Å². The minimum Gasteiger partial charge on any atom is -0.341 e. The fourth-order valence-electron chi connectivity index (χ4n) is 3.14. The van der Waals surface area contributed by atoms with E-state index in [2.05, 4.69) is 30.4 Å². The zero-order chi connectivity index (χ0) is 13.2. The molecule has 1 atom stereocenters. The largest absolute Gasteiger partial charge is 0.341 e. The summed E-state index contributed by atoms with van der Waals surface area (Å²) in [5, 5.41) is 3.39. The molecule has 0 saturated carbocycles. The van der Waals surface area contributed by atoms with Crippen LogP contribution in [0.2, 0.25) is 0 Å². The van der Waals surface area contributed by atoms with Crippen molar-refractivity contribution in [2.24, 2.45) is 5.92 Å². The summed E-state index contributed by atoms with van der Waals surface area (Å²) in [7, 11) is 0. The summed E-state index contributed by atoms with van der Waals surface area (Å²) in [5.74, 6) is 1.02. The van der Waals surface area contributed by atoms with Gasteiger partial charge in [-0.1, -0.05) is 31.2 Å². The number of benzene rings is 1. The van der Waals surface area contributed by atoms with Gasteiger partial charge in [0.2, 0.25) is 5.91 Å². The first-order valence-corrected chi connectivity index (χ1v) is 7.35. The molecule has 19 heavy (non-hydrogen) atoms. The fraction of sp³-hybridized carbons (Fsp3) is 0.562. The van der Waals surface area contributed by atoms with Crippen molar-refractivity contribution in [1.82, 2.24) is 10.2 Å². The Balaban J connectivity index is 1.78. The second kappa shape index (κ2) is 5.33. The Morgan fingerprint density at radius 2 is 2.00 bits per heavy atom. The lowest BCUT2D eigenvalue weighted by molar-refractivity contribution is -0.135. The molecule has 3 heteroatoms. The molecule has 2 aliphatic heterocycles. The molecule has 1 unspecified atom stereocenters. The van der Waals surface area contributed by atoms with E-state index in [4.69, 9.17) is 0 Å². The lowest BCUT2D eigenvalue weighted by Crippen LogP contribution is -2.46. The number of nitrogens with one attached hydrogen (secondary N) is 1. The van der Waals surface area contributed by atoms with Gasteiger partial charge in [-0.25, -0.2) is 0 Å². The molecule has 3 nitrogen and oxygen atoms in total. The van der Waals surface area contributed by atoms with Gasteiger partial charge in [-0.05, 0) is 36.3 Å². The van der Waals surface area contributed by atoms with Gasteiger partial charge in [-0.15, -0.1) is 0 Å². The maximum absolute atomic E-state index is 12.7. The van der Waals surface area contributed by atoms with E-state index in [0.717, 1.165) is 44.8 Å². The number of carbonyl (C=O) groups excluding carboxylic acids is 1. The van der Waals surface area contributed by atoms with Crippen LogP contribution >= 0.6 is 0 Å². The van der Waals surface area contributed by atoms with Gasteiger partial charge in [0, 0.05) is 19.6 Å². The van der Waals surface area contributed by atoms with Gasteiger partial charge in [-0.2, -0.15) is 0 Å². The van der Waals surface area contributed by atoms with Crippen molar-refractivity contribution in [2.45, 2.75) is 32.2 Å². The second-order valence-corrected chi connectivity index (χ2v) is 5.84. The van der Waals surface area contributed by atoms with Crippen molar-refractivity contribution >= 4 is 5.91 Å². The van der Waals surface area contributed by atoms with Crippen LogP contribution in [0.5, 0.6) is 0 Å². The number of likely N-dealkylation sites (tertiary alicyclic amines) is 1. The number of amides is 1. The first-order chi connectivity index (χ1) is 9.25. The molecule has 0 aliphatic carbocycles. The molecular formula is C16H22N2O. The first-order valence-electron chi connectivity index (χ1n) is 7.35. The molecule has 1 amide bonds. The smallest absolute Gasteiger partial charge is 0.244 e. The summed E-state index contributed by atoms with van der Waals surface area (Å²) in [5.41, 5.74) is 2.50. The topological polar surface area (TPSA) is 32.3 Å². The van der Waals surface area contributed by atoms with E-state index in [1.165, 1.54) is 11.1 Å². The third kappa shape index (κ3) is 2.52. The van der Waals surface area contributed by atoms with Crippen LogP contribution < -0.4 is 5.32 Å². The summed E-state index contributed by atoms with van der Waals surface area (Å²) in [6.07, 6.45) is 3.30. The molecule has 1 N–H and O–H groups in total. The highest BCUT2D eigenvalue weighted by molar-refractivity contribution is 5.84. The Labute approximate surface area is 115 Å². The number of carbonyl (C=O) groups is 1. The number of piperidine rings is 1. The van der Waals surface area contributed by atoms with Crippen molar-refractivity contribution < 1.29 is 4.79 Å². The minimum atomic E-state index is -0.127. The standard InChI is InChI=1S/C16H22N2O/c1-12-7-10-18(11-8-12)16(19)15-14-5-3-2-4-13(14)6-9-17-15/h2-5,12,15,17H,6-11H2,1H3. The maximum atomic E-state index is 12.7. The minimum absolute atomic E-state index is 0.127. The average molecular weight is 258 g/mol. The molecule has 1 saturated heterocycles. The second-order valence-electron chi connectivity index (χ2n) is 5.84. The highest BCUT2D eigenvalue weighted by Crippen LogP contribution is 2.26. The van der Waals surface area contributed by atoms with Crippen LogP contribution in [-0.4, -0.2) is 30.4 Å². The van der Waals surface area contributed by atoms with E-state index in [9.17, 15) is 4.79 Å². The third-order valence-electron chi connectivity index (χ3n) is 4.45. The summed E-state index contributed by atoms with van der Waals surface area (Å²) in [6, 6.07) is 8.21. The number of hydrogen-bond donors (Lipinski definition) is 1.